The molecule has 3 nitrogen and oxygen atoms in total. The van der Waals surface area contributed by atoms with E-state index in [4.69, 9.17) is 4.74 Å². The van der Waals surface area contributed by atoms with E-state index in [0.29, 0.717) is 0 Å². The molecule has 114 valence electrons. The van der Waals surface area contributed by atoms with Crippen molar-refractivity contribution in [3.8, 4) is 5.75 Å². The van der Waals surface area contributed by atoms with Gasteiger partial charge in [0.2, 0.25) is 5.91 Å². The first-order valence-corrected chi connectivity index (χ1v) is 7.59. The normalized spacial score (nSPS) is 15.2. The van der Waals surface area contributed by atoms with Crippen molar-refractivity contribution in [2.24, 2.45) is 0 Å². The Morgan fingerprint density at radius 1 is 1.14 bits per heavy atom. The fourth-order valence-electron chi connectivity index (χ4n) is 2.98. The first kappa shape index (κ1) is 14.6. The maximum absolute atomic E-state index is 12.8. The lowest BCUT2D eigenvalue weighted by Gasteiger charge is -2.19. The van der Waals surface area contributed by atoms with Crippen molar-refractivity contribution in [3.05, 3.63) is 59.2 Å². The number of hydrogen-bond acceptors (Lipinski definition) is 2. The molecule has 1 fully saturated rings. The molecule has 0 unspecified atom stereocenters. The number of amides is 1. The van der Waals surface area contributed by atoms with E-state index in [2.05, 4.69) is 18.3 Å². The van der Waals surface area contributed by atoms with Gasteiger partial charge in [-0.05, 0) is 44.4 Å². The predicted molar refractivity (Wildman–Crippen MR) is 88.5 cm³/mol. The van der Waals surface area contributed by atoms with E-state index in [9.17, 15) is 4.79 Å². The second-order valence-corrected chi connectivity index (χ2v) is 6.05. The molecule has 1 aliphatic rings. The van der Waals surface area contributed by atoms with Gasteiger partial charge in [-0.25, -0.2) is 0 Å². The number of methoxy groups -OCH3 is 1. The highest BCUT2D eigenvalue weighted by atomic mass is 16.5. The Bertz CT molecular complexity index is 717. The summed E-state index contributed by atoms with van der Waals surface area (Å²) < 4.78 is 5.43. The van der Waals surface area contributed by atoms with E-state index < -0.39 is 5.41 Å². The van der Waals surface area contributed by atoms with Gasteiger partial charge in [0.1, 0.15) is 5.75 Å². The first-order valence-electron chi connectivity index (χ1n) is 7.59. The van der Waals surface area contributed by atoms with Gasteiger partial charge in [0.15, 0.2) is 0 Å². The highest BCUT2D eigenvalue weighted by Gasteiger charge is 2.52. The van der Waals surface area contributed by atoms with E-state index in [1.165, 1.54) is 5.56 Å². The quantitative estimate of drug-likeness (QED) is 0.926. The number of ether oxygens (including phenoxy) is 1. The zero-order chi connectivity index (χ0) is 15.7. The molecular weight excluding hydrogens is 274 g/mol. The van der Waals surface area contributed by atoms with Crippen LogP contribution >= 0.6 is 0 Å². The molecule has 22 heavy (non-hydrogen) atoms. The van der Waals surface area contributed by atoms with Crippen LogP contribution in [0.3, 0.4) is 0 Å². The number of aryl methyl sites for hydroxylation is 2. The molecule has 1 N–H and O–H groups in total. The van der Waals surface area contributed by atoms with Gasteiger partial charge in [-0.1, -0.05) is 35.9 Å². The van der Waals surface area contributed by atoms with Crippen molar-refractivity contribution in [1.82, 2.24) is 0 Å². The van der Waals surface area contributed by atoms with Gasteiger partial charge >= 0.3 is 0 Å². The number of anilines is 1. The maximum atomic E-state index is 12.8. The summed E-state index contributed by atoms with van der Waals surface area (Å²) in [5.74, 6) is 0.847. The van der Waals surface area contributed by atoms with Crippen LogP contribution in [0.1, 0.15) is 29.5 Å². The van der Waals surface area contributed by atoms with Crippen molar-refractivity contribution >= 4 is 11.6 Å². The lowest BCUT2D eigenvalue weighted by molar-refractivity contribution is -0.118. The largest absolute Gasteiger partial charge is 0.496 e. The van der Waals surface area contributed by atoms with E-state index in [0.717, 1.165) is 35.4 Å². The van der Waals surface area contributed by atoms with E-state index >= 15 is 0 Å². The minimum absolute atomic E-state index is 0.0592. The second kappa shape index (κ2) is 5.48. The molecule has 0 aliphatic heterocycles. The van der Waals surface area contributed by atoms with Crippen molar-refractivity contribution in [3.63, 3.8) is 0 Å². The number of para-hydroxylation sites is 1. The van der Waals surface area contributed by atoms with Crippen molar-refractivity contribution in [1.29, 1.82) is 0 Å². The molecule has 0 aromatic heterocycles. The van der Waals surface area contributed by atoms with Gasteiger partial charge in [-0.3, -0.25) is 4.79 Å². The van der Waals surface area contributed by atoms with Gasteiger partial charge in [-0.2, -0.15) is 0 Å². The lowest BCUT2D eigenvalue weighted by Crippen LogP contribution is -2.28. The number of carbonyl (C=O) groups excluding carboxylic acids is 1. The van der Waals surface area contributed by atoms with Gasteiger partial charge < -0.3 is 10.1 Å². The molecule has 2 aromatic carbocycles. The molecule has 0 atom stereocenters. The number of hydrogen-bond donors (Lipinski definition) is 1. The van der Waals surface area contributed by atoms with Crippen LogP contribution in [0.5, 0.6) is 5.75 Å². The van der Waals surface area contributed by atoms with Crippen LogP contribution in [-0.4, -0.2) is 13.0 Å². The average Bonchev–Trinajstić information content (AvgIpc) is 3.31. The van der Waals surface area contributed by atoms with Crippen molar-refractivity contribution in [2.75, 3.05) is 12.4 Å². The van der Waals surface area contributed by atoms with Gasteiger partial charge in [-0.15, -0.1) is 0 Å². The smallest absolute Gasteiger partial charge is 0.235 e. The number of rotatable bonds is 4. The van der Waals surface area contributed by atoms with Crippen LogP contribution in [0, 0.1) is 13.8 Å². The standard InChI is InChI=1S/C19H21NO2/c1-13-8-9-16(14(2)12-13)20-18(21)19(10-11-19)15-6-4-5-7-17(15)22-3/h4-9,12H,10-11H2,1-3H3,(H,20,21). The topological polar surface area (TPSA) is 38.3 Å². The van der Waals surface area contributed by atoms with Crippen LogP contribution in [0.2, 0.25) is 0 Å². The molecule has 2 aromatic rings. The Morgan fingerprint density at radius 3 is 2.50 bits per heavy atom. The highest BCUT2D eigenvalue weighted by Crippen LogP contribution is 2.52. The number of benzene rings is 2. The van der Waals surface area contributed by atoms with Gasteiger partial charge in [0.05, 0.1) is 12.5 Å². The average molecular weight is 295 g/mol. The zero-order valence-electron chi connectivity index (χ0n) is 13.3. The summed E-state index contributed by atoms with van der Waals surface area (Å²) in [5, 5.41) is 3.10. The Labute approximate surface area is 131 Å². The molecule has 0 heterocycles. The summed E-state index contributed by atoms with van der Waals surface area (Å²) in [4.78, 5) is 12.8. The molecule has 0 radical (unpaired) electrons. The molecule has 1 aliphatic carbocycles. The predicted octanol–water partition coefficient (Wildman–Crippen LogP) is 3.98. The van der Waals surface area contributed by atoms with Crippen molar-refractivity contribution in [2.45, 2.75) is 32.1 Å². The summed E-state index contributed by atoms with van der Waals surface area (Å²) in [6.45, 7) is 4.07. The fourth-order valence-corrected chi connectivity index (χ4v) is 2.98. The van der Waals surface area contributed by atoms with Crippen LogP contribution in [-0.2, 0) is 10.2 Å². The zero-order valence-corrected chi connectivity index (χ0v) is 13.3. The van der Waals surface area contributed by atoms with Crippen molar-refractivity contribution < 1.29 is 9.53 Å². The minimum atomic E-state index is -0.441. The number of carbonyl (C=O) groups is 1. The molecule has 0 spiro atoms. The first-order chi connectivity index (χ1) is 10.6. The molecule has 1 amide bonds. The van der Waals surface area contributed by atoms with Crippen LogP contribution in [0.25, 0.3) is 0 Å². The molecule has 3 rings (SSSR count). The Morgan fingerprint density at radius 2 is 1.86 bits per heavy atom. The maximum Gasteiger partial charge on any atom is 0.235 e. The molecule has 1 saturated carbocycles. The summed E-state index contributed by atoms with van der Waals surface area (Å²) >= 11 is 0. The third-order valence-corrected chi connectivity index (χ3v) is 4.44. The van der Waals surface area contributed by atoms with Gasteiger partial charge in [0.25, 0.3) is 0 Å². The van der Waals surface area contributed by atoms with Crippen LogP contribution in [0.15, 0.2) is 42.5 Å². The van der Waals surface area contributed by atoms with E-state index in [1.807, 2.05) is 43.3 Å². The monoisotopic (exact) mass is 295 g/mol. The third kappa shape index (κ3) is 2.47. The Kier molecular flexibility index (Phi) is 3.65. The fraction of sp³-hybridized carbons (Fsp3) is 0.316. The summed E-state index contributed by atoms with van der Waals surface area (Å²) in [5.41, 5.74) is 3.71. The Balaban J connectivity index is 1.88. The lowest BCUT2D eigenvalue weighted by atomic mass is 9.93. The van der Waals surface area contributed by atoms with Crippen LogP contribution in [0.4, 0.5) is 5.69 Å². The molecular formula is C19H21NO2. The minimum Gasteiger partial charge on any atom is -0.496 e. The highest BCUT2D eigenvalue weighted by molar-refractivity contribution is 6.02. The Hall–Kier alpha value is -2.29. The molecule has 0 saturated heterocycles. The summed E-state index contributed by atoms with van der Waals surface area (Å²) in [7, 11) is 1.65. The summed E-state index contributed by atoms with van der Waals surface area (Å²) in [6, 6.07) is 13.9. The van der Waals surface area contributed by atoms with E-state index in [1.54, 1.807) is 7.11 Å². The summed E-state index contributed by atoms with van der Waals surface area (Å²) in [6.07, 6.45) is 1.73. The molecule has 3 heteroatoms. The van der Waals surface area contributed by atoms with E-state index in [-0.39, 0.29) is 5.91 Å². The third-order valence-electron chi connectivity index (χ3n) is 4.44. The molecule has 0 bridgehead atoms. The second-order valence-electron chi connectivity index (χ2n) is 6.05. The van der Waals surface area contributed by atoms with Crippen LogP contribution < -0.4 is 10.1 Å². The van der Waals surface area contributed by atoms with Gasteiger partial charge in [0, 0.05) is 11.3 Å². The SMILES string of the molecule is COc1ccccc1C1(C(=O)Nc2ccc(C)cc2C)CC1. The number of nitrogens with one attached hydrogen (secondary N) is 1.